The van der Waals surface area contributed by atoms with E-state index < -0.39 is 10.0 Å². The first-order valence-corrected chi connectivity index (χ1v) is 11.7. The molecule has 2 N–H and O–H groups in total. The highest BCUT2D eigenvalue weighted by Gasteiger charge is 2.27. The van der Waals surface area contributed by atoms with Crippen molar-refractivity contribution in [1.29, 1.82) is 0 Å². The van der Waals surface area contributed by atoms with Gasteiger partial charge in [-0.25, -0.2) is 17.9 Å². The van der Waals surface area contributed by atoms with Crippen LogP contribution in [0.2, 0.25) is 0 Å². The molecule has 3 rings (SSSR count). The fraction of sp³-hybridized carbons (Fsp3) is 0.632. The van der Waals surface area contributed by atoms with Crippen LogP contribution in [-0.2, 0) is 10.0 Å². The van der Waals surface area contributed by atoms with Crippen LogP contribution in [0.25, 0.3) is 0 Å². The first-order valence-electron chi connectivity index (χ1n) is 9.80. The lowest BCUT2D eigenvalue weighted by Gasteiger charge is -2.36. The number of anilines is 2. The molecule has 0 aliphatic carbocycles. The fourth-order valence-corrected chi connectivity index (χ4v) is 4.47. The van der Waals surface area contributed by atoms with E-state index in [4.69, 9.17) is 0 Å². The van der Waals surface area contributed by atoms with Crippen molar-refractivity contribution in [3.63, 3.8) is 0 Å². The lowest BCUT2D eigenvalue weighted by Crippen LogP contribution is -2.47. The van der Waals surface area contributed by atoms with Crippen molar-refractivity contribution in [3.05, 3.63) is 24.3 Å². The van der Waals surface area contributed by atoms with E-state index in [-0.39, 0.29) is 12.1 Å². The van der Waals surface area contributed by atoms with Gasteiger partial charge >= 0.3 is 6.03 Å². The van der Waals surface area contributed by atoms with E-state index >= 15 is 0 Å². The average Bonchev–Trinajstić information content (AvgIpc) is 3.16. The molecule has 1 aromatic rings. The van der Waals surface area contributed by atoms with Crippen LogP contribution in [0.5, 0.6) is 0 Å². The molecule has 0 aromatic heterocycles. The maximum atomic E-state index is 13.0. The summed E-state index contributed by atoms with van der Waals surface area (Å²) in [4.78, 5) is 17.2. The Morgan fingerprint density at radius 1 is 1.11 bits per heavy atom. The first-order chi connectivity index (χ1) is 12.9. The molecule has 1 atom stereocenters. The Hall–Kier alpha value is -1.80. The van der Waals surface area contributed by atoms with Gasteiger partial charge in [0.25, 0.3) is 0 Å². The third-order valence-electron chi connectivity index (χ3n) is 5.32. The highest BCUT2D eigenvalue weighted by Crippen LogP contribution is 2.29. The van der Waals surface area contributed by atoms with Gasteiger partial charge in [0, 0.05) is 32.2 Å². The number of likely N-dealkylation sites (tertiary alicyclic amines) is 1. The molecular formula is C19H30N4O3S. The first kappa shape index (κ1) is 19.9. The standard InChI is InChI=1S/C19H30N4O3S/c1-27(25,26)20-12-11-16-8-4-5-15-23(16)19(24)21-17-9-2-3-10-18(17)22-13-6-7-14-22/h2-3,9-10,16,20H,4-8,11-15H2,1H3,(H,21,24). The van der Waals surface area contributed by atoms with E-state index in [0.717, 1.165) is 50.0 Å². The number of para-hydroxylation sites is 2. The molecule has 2 saturated heterocycles. The monoisotopic (exact) mass is 394 g/mol. The molecule has 7 nitrogen and oxygen atoms in total. The van der Waals surface area contributed by atoms with Crippen LogP contribution in [0.15, 0.2) is 24.3 Å². The van der Waals surface area contributed by atoms with E-state index in [1.165, 1.54) is 12.8 Å². The van der Waals surface area contributed by atoms with Gasteiger partial charge in [-0.1, -0.05) is 12.1 Å². The zero-order valence-corrected chi connectivity index (χ0v) is 16.8. The summed E-state index contributed by atoms with van der Waals surface area (Å²) >= 11 is 0. The Bertz CT molecular complexity index is 747. The number of hydrogen-bond donors (Lipinski definition) is 2. The Morgan fingerprint density at radius 3 is 2.56 bits per heavy atom. The van der Waals surface area contributed by atoms with Gasteiger partial charge in [-0.05, 0) is 50.7 Å². The number of urea groups is 1. The molecule has 2 aliphatic rings. The molecule has 0 radical (unpaired) electrons. The van der Waals surface area contributed by atoms with E-state index in [2.05, 4.69) is 21.0 Å². The molecule has 27 heavy (non-hydrogen) atoms. The summed E-state index contributed by atoms with van der Waals surface area (Å²) in [5, 5.41) is 3.10. The normalized spacial score (nSPS) is 20.7. The van der Waals surface area contributed by atoms with Crippen LogP contribution in [0, 0.1) is 0 Å². The van der Waals surface area contributed by atoms with Crippen molar-refractivity contribution in [1.82, 2.24) is 9.62 Å². The summed E-state index contributed by atoms with van der Waals surface area (Å²) < 4.78 is 25.1. The predicted octanol–water partition coefficient (Wildman–Crippen LogP) is 2.61. The topological polar surface area (TPSA) is 81.8 Å². The van der Waals surface area contributed by atoms with Crippen LogP contribution in [0.1, 0.15) is 38.5 Å². The third kappa shape index (κ3) is 5.59. The van der Waals surface area contributed by atoms with Crippen molar-refractivity contribution >= 4 is 27.4 Å². The minimum atomic E-state index is -3.20. The summed E-state index contributed by atoms with van der Waals surface area (Å²) in [6.07, 6.45) is 7.12. The number of hydrogen-bond acceptors (Lipinski definition) is 4. The van der Waals surface area contributed by atoms with Crippen LogP contribution in [0.4, 0.5) is 16.2 Å². The molecule has 0 bridgehead atoms. The van der Waals surface area contributed by atoms with Gasteiger partial charge in [0.2, 0.25) is 10.0 Å². The average molecular weight is 395 g/mol. The van der Waals surface area contributed by atoms with Crippen molar-refractivity contribution in [2.45, 2.75) is 44.6 Å². The third-order valence-corrected chi connectivity index (χ3v) is 6.05. The maximum Gasteiger partial charge on any atom is 0.322 e. The smallest absolute Gasteiger partial charge is 0.322 e. The van der Waals surface area contributed by atoms with E-state index in [1.54, 1.807) is 0 Å². The zero-order chi connectivity index (χ0) is 19.3. The summed E-state index contributed by atoms with van der Waals surface area (Å²) in [7, 11) is -3.20. The number of nitrogens with one attached hydrogen (secondary N) is 2. The van der Waals surface area contributed by atoms with E-state index in [9.17, 15) is 13.2 Å². The second kappa shape index (κ2) is 8.93. The molecule has 1 aromatic carbocycles. The summed E-state index contributed by atoms with van der Waals surface area (Å²) in [5.74, 6) is 0. The van der Waals surface area contributed by atoms with Gasteiger partial charge < -0.3 is 15.1 Å². The molecule has 2 heterocycles. The summed E-state index contributed by atoms with van der Waals surface area (Å²) in [6, 6.07) is 7.93. The van der Waals surface area contributed by atoms with Gasteiger partial charge in [-0.2, -0.15) is 0 Å². The Kier molecular flexibility index (Phi) is 6.59. The lowest BCUT2D eigenvalue weighted by molar-refractivity contribution is 0.159. The van der Waals surface area contributed by atoms with E-state index in [1.807, 2.05) is 23.1 Å². The molecule has 1 unspecified atom stereocenters. The number of carbonyl (C=O) groups excluding carboxylic acids is 1. The SMILES string of the molecule is CS(=O)(=O)NCCC1CCCCN1C(=O)Nc1ccccc1N1CCCC1. The van der Waals surface area contributed by atoms with Gasteiger partial charge in [-0.15, -0.1) is 0 Å². The molecule has 0 saturated carbocycles. The summed E-state index contributed by atoms with van der Waals surface area (Å²) in [5.41, 5.74) is 1.93. The number of amides is 2. The molecular weight excluding hydrogens is 364 g/mol. The Labute approximate surface area is 162 Å². The number of carbonyl (C=O) groups is 1. The number of rotatable bonds is 6. The van der Waals surface area contributed by atoms with Crippen molar-refractivity contribution < 1.29 is 13.2 Å². The van der Waals surface area contributed by atoms with Gasteiger partial charge in [-0.3, -0.25) is 0 Å². The van der Waals surface area contributed by atoms with Crippen molar-refractivity contribution in [3.8, 4) is 0 Å². The van der Waals surface area contributed by atoms with Crippen molar-refractivity contribution in [2.75, 3.05) is 42.7 Å². The highest BCUT2D eigenvalue weighted by atomic mass is 32.2. The lowest BCUT2D eigenvalue weighted by atomic mass is 10.00. The number of benzene rings is 1. The molecule has 150 valence electrons. The minimum absolute atomic E-state index is 0.0620. The second-order valence-electron chi connectivity index (χ2n) is 7.44. The van der Waals surface area contributed by atoms with Crippen LogP contribution >= 0.6 is 0 Å². The van der Waals surface area contributed by atoms with Crippen LogP contribution in [-0.4, -0.2) is 57.8 Å². The predicted molar refractivity (Wildman–Crippen MR) is 109 cm³/mol. The largest absolute Gasteiger partial charge is 0.370 e. The van der Waals surface area contributed by atoms with Crippen LogP contribution in [0.3, 0.4) is 0 Å². The van der Waals surface area contributed by atoms with E-state index in [0.29, 0.717) is 19.5 Å². The number of piperidine rings is 1. The molecule has 0 spiro atoms. The molecule has 2 aliphatic heterocycles. The summed E-state index contributed by atoms with van der Waals surface area (Å²) in [6.45, 7) is 3.12. The number of nitrogens with zero attached hydrogens (tertiary/aromatic N) is 2. The maximum absolute atomic E-state index is 13.0. The highest BCUT2D eigenvalue weighted by molar-refractivity contribution is 7.88. The fourth-order valence-electron chi connectivity index (χ4n) is 3.98. The Balaban J connectivity index is 1.65. The second-order valence-corrected chi connectivity index (χ2v) is 9.27. The van der Waals surface area contributed by atoms with Gasteiger partial charge in [0.05, 0.1) is 17.6 Å². The quantitative estimate of drug-likeness (QED) is 0.777. The number of sulfonamides is 1. The van der Waals surface area contributed by atoms with Gasteiger partial charge in [0.1, 0.15) is 0 Å². The molecule has 8 heteroatoms. The molecule has 2 fully saturated rings. The van der Waals surface area contributed by atoms with Crippen LogP contribution < -0.4 is 14.9 Å². The minimum Gasteiger partial charge on any atom is -0.370 e. The zero-order valence-electron chi connectivity index (χ0n) is 16.0. The van der Waals surface area contributed by atoms with Gasteiger partial charge in [0.15, 0.2) is 0 Å². The molecule has 2 amide bonds. The Morgan fingerprint density at radius 2 is 1.81 bits per heavy atom. The van der Waals surface area contributed by atoms with Crippen molar-refractivity contribution in [2.24, 2.45) is 0 Å².